The van der Waals surface area contributed by atoms with Crippen LogP contribution in [0.15, 0.2) is 12.1 Å². The van der Waals surface area contributed by atoms with E-state index in [2.05, 4.69) is 0 Å². The lowest BCUT2D eigenvalue weighted by atomic mass is 9.96. The Balaban J connectivity index is 2.28. The van der Waals surface area contributed by atoms with Crippen LogP contribution in [0.5, 0.6) is 5.75 Å². The molecule has 96 valence electrons. The van der Waals surface area contributed by atoms with E-state index in [0.29, 0.717) is 12.0 Å². The highest BCUT2D eigenvalue weighted by molar-refractivity contribution is 6.04. The lowest BCUT2D eigenvalue weighted by Gasteiger charge is -2.11. The number of aliphatic carboxylic acids is 1. The van der Waals surface area contributed by atoms with Gasteiger partial charge in [0, 0.05) is 11.5 Å². The Kier molecular flexibility index (Phi) is 3.11. The van der Waals surface area contributed by atoms with Gasteiger partial charge in [-0.2, -0.15) is 0 Å². The molecule has 0 aliphatic heterocycles. The fourth-order valence-electron chi connectivity index (χ4n) is 2.24. The Hall–Kier alpha value is -1.84. The van der Waals surface area contributed by atoms with E-state index in [9.17, 15) is 9.59 Å². The molecule has 4 nitrogen and oxygen atoms in total. The fraction of sp³-hybridized carbons (Fsp3) is 0.429. The van der Waals surface area contributed by atoms with Gasteiger partial charge in [0.05, 0.1) is 13.0 Å². The topological polar surface area (TPSA) is 63.6 Å². The molecule has 0 radical (unpaired) electrons. The lowest BCUT2D eigenvalue weighted by Crippen LogP contribution is -2.10. The first kappa shape index (κ1) is 12.6. The Morgan fingerprint density at radius 3 is 2.39 bits per heavy atom. The minimum absolute atomic E-state index is 0.0642. The monoisotopic (exact) mass is 248 g/mol. The van der Waals surface area contributed by atoms with Crippen molar-refractivity contribution in [1.29, 1.82) is 0 Å². The van der Waals surface area contributed by atoms with Crippen molar-refractivity contribution in [2.24, 2.45) is 11.8 Å². The first-order valence-corrected chi connectivity index (χ1v) is 5.88. The highest BCUT2D eigenvalue weighted by Crippen LogP contribution is 2.42. The number of carbonyl (C=O) groups excluding carboxylic acids is 1. The average molecular weight is 248 g/mol. The Morgan fingerprint density at radius 2 is 1.89 bits per heavy atom. The number of carboxylic acids is 1. The molecule has 4 heteroatoms. The molecule has 0 saturated heterocycles. The number of hydrogen-bond acceptors (Lipinski definition) is 3. The van der Waals surface area contributed by atoms with Crippen LogP contribution >= 0.6 is 0 Å². The summed E-state index contributed by atoms with van der Waals surface area (Å²) < 4.78 is 5.19. The number of carboxylic acid groups (broad SMARTS) is 1. The molecule has 1 saturated carbocycles. The van der Waals surface area contributed by atoms with Crippen molar-refractivity contribution in [3.8, 4) is 5.75 Å². The molecule has 1 N–H and O–H groups in total. The van der Waals surface area contributed by atoms with E-state index in [-0.39, 0.29) is 11.7 Å². The number of ether oxygens (including phenoxy) is 1. The van der Waals surface area contributed by atoms with Crippen LogP contribution in [-0.2, 0) is 4.79 Å². The fourth-order valence-corrected chi connectivity index (χ4v) is 2.24. The van der Waals surface area contributed by atoms with Crippen molar-refractivity contribution in [3.63, 3.8) is 0 Å². The maximum atomic E-state index is 12.2. The number of benzene rings is 1. The van der Waals surface area contributed by atoms with E-state index in [1.807, 2.05) is 13.8 Å². The van der Waals surface area contributed by atoms with Gasteiger partial charge < -0.3 is 9.84 Å². The first-order chi connectivity index (χ1) is 8.47. The van der Waals surface area contributed by atoms with Gasteiger partial charge in [0.2, 0.25) is 0 Å². The number of Topliss-reactive ketones (excluding diaryl/α,β-unsaturated/α-hetero) is 1. The Labute approximate surface area is 106 Å². The van der Waals surface area contributed by atoms with Crippen molar-refractivity contribution >= 4 is 11.8 Å². The van der Waals surface area contributed by atoms with Crippen LogP contribution in [0.4, 0.5) is 0 Å². The summed E-state index contributed by atoms with van der Waals surface area (Å²) in [6.45, 7) is 3.76. The molecule has 0 amide bonds. The van der Waals surface area contributed by atoms with Crippen molar-refractivity contribution < 1.29 is 19.4 Å². The molecule has 0 bridgehead atoms. The SMILES string of the molecule is COc1ccc(C(=O)C2CC2C(=O)O)c(C)c1C. The molecule has 1 aromatic carbocycles. The van der Waals surface area contributed by atoms with Gasteiger partial charge in [-0.05, 0) is 43.5 Å². The molecular weight excluding hydrogens is 232 g/mol. The number of ketones is 1. The number of methoxy groups -OCH3 is 1. The Morgan fingerprint density at radius 1 is 1.22 bits per heavy atom. The van der Waals surface area contributed by atoms with Gasteiger partial charge in [-0.15, -0.1) is 0 Å². The van der Waals surface area contributed by atoms with Crippen molar-refractivity contribution in [2.75, 3.05) is 7.11 Å². The normalized spacial score (nSPS) is 21.5. The second kappa shape index (κ2) is 4.44. The van der Waals surface area contributed by atoms with E-state index < -0.39 is 11.9 Å². The summed E-state index contributed by atoms with van der Waals surface area (Å²) in [7, 11) is 1.59. The largest absolute Gasteiger partial charge is 0.496 e. The van der Waals surface area contributed by atoms with Gasteiger partial charge in [0.25, 0.3) is 0 Å². The molecule has 18 heavy (non-hydrogen) atoms. The van der Waals surface area contributed by atoms with E-state index in [1.165, 1.54) is 0 Å². The van der Waals surface area contributed by atoms with Gasteiger partial charge in [0.1, 0.15) is 5.75 Å². The van der Waals surface area contributed by atoms with E-state index in [4.69, 9.17) is 9.84 Å². The molecule has 1 aliphatic rings. The molecule has 0 aromatic heterocycles. The number of hydrogen-bond donors (Lipinski definition) is 1. The van der Waals surface area contributed by atoms with E-state index in [0.717, 1.165) is 16.9 Å². The quantitative estimate of drug-likeness (QED) is 0.830. The molecule has 2 rings (SSSR count). The van der Waals surface area contributed by atoms with Crippen LogP contribution in [0.2, 0.25) is 0 Å². The number of rotatable bonds is 4. The summed E-state index contributed by atoms with van der Waals surface area (Å²) >= 11 is 0. The molecule has 2 unspecified atom stereocenters. The van der Waals surface area contributed by atoms with Gasteiger partial charge in [0.15, 0.2) is 5.78 Å². The van der Waals surface area contributed by atoms with Crippen LogP contribution < -0.4 is 4.74 Å². The molecular formula is C14H16O4. The third-order valence-electron chi connectivity index (χ3n) is 3.67. The zero-order valence-electron chi connectivity index (χ0n) is 10.7. The molecule has 0 heterocycles. The molecule has 2 atom stereocenters. The minimum Gasteiger partial charge on any atom is -0.496 e. The Bertz CT molecular complexity index is 519. The van der Waals surface area contributed by atoms with Gasteiger partial charge in [-0.1, -0.05) is 0 Å². The molecule has 1 fully saturated rings. The third-order valence-corrected chi connectivity index (χ3v) is 3.67. The maximum Gasteiger partial charge on any atom is 0.307 e. The number of carbonyl (C=O) groups is 2. The zero-order valence-corrected chi connectivity index (χ0v) is 10.7. The highest BCUT2D eigenvalue weighted by Gasteiger charge is 2.48. The summed E-state index contributed by atoms with van der Waals surface area (Å²) in [6, 6.07) is 3.48. The van der Waals surface area contributed by atoms with Crippen LogP contribution in [-0.4, -0.2) is 24.0 Å². The minimum atomic E-state index is -0.878. The van der Waals surface area contributed by atoms with Crippen molar-refractivity contribution in [1.82, 2.24) is 0 Å². The van der Waals surface area contributed by atoms with Gasteiger partial charge >= 0.3 is 5.97 Å². The molecule has 1 aromatic rings. The van der Waals surface area contributed by atoms with E-state index in [1.54, 1.807) is 19.2 Å². The summed E-state index contributed by atoms with van der Waals surface area (Å²) in [5.41, 5.74) is 2.41. The average Bonchev–Trinajstić information content (AvgIpc) is 3.12. The standard InChI is InChI=1S/C14H16O4/c1-7-8(2)12(18-3)5-4-9(7)13(15)10-6-11(10)14(16)17/h4-5,10-11H,6H2,1-3H3,(H,16,17). The third kappa shape index (κ3) is 1.98. The molecule has 0 spiro atoms. The predicted octanol–water partition coefficient (Wildman–Crippen LogP) is 2.22. The second-order valence-electron chi connectivity index (χ2n) is 4.72. The van der Waals surface area contributed by atoms with Crippen LogP contribution in [0.3, 0.4) is 0 Å². The zero-order chi connectivity index (χ0) is 13.4. The van der Waals surface area contributed by atoms with Crippen LogP contribution in [0, 0.1) is 25.7 Å². The predicted molar refractivity (Wildman–Crippen MR) is 66.0 cm³/mol. The molecule has 1 aliphatic carbocycles. The van der Waals surface area contributed by atoms with Crippen LogP contribution in [0.25, 0.3) is 0 Å². The van der Waals surface area contributed by atoms with Gasteiger partial charge in [-0.25, -0.2) is 0 Å². The van der Waals surface area contributed by atoms with Crippen molar-refractivity contribution in [2.45, 2.75) is 20.3 Å². The maximum absolute atomic E-state index is 12.2. The summed E-state index contributed by atoms with van der Waals surface area (Å²) in [5, 5.41) is 8.85. The summed E-state index contributed by atoms with van der Waals surface area (Å²) in [5.74, 6) is -1.05. The summed E-state index contributed by atoms with van der Waals surface area (Å²) in [6.07, 6.45) is 0.457. The van der Waals surface area contributed by atoms with Crippen LogP contribution in [0.1, 0.15) is 27.9 Å². The highest BCUT2D eigenvalue weighted by atomic mass is 16.5. The summed E-state index contributed by atoms with van der Waals surface area (Å²) in [4.78, 5) is 23.0. The first-order valence-electron chi connectivity index (χ1n) is 5.88. The van der Waals surface area contributed by atoms with Crippen molar-refractivity contribution in [3.05, 3.63) is 28.8 Å². The van der Waals surface area contributed by atoms with E-state index >= 15 is 0 Å². The second-order valence-corrected chi connectivity index (χ2v) is 4.72. The lowest BCUT2D eigenvalue weighted by molar-refractivity contribution is -0.138. The van der Waals surface area contributed by atoms with Gasteiger partial charge in [-0.3, -0.25) is 9.59 Å². The smallest absolute Gasteiger partial charge is 0.307 e.